The molecule has 1 aromatic carbocycles. The number of thiophene rings is 1. The molecule has 1 saturated carbocycles. The number of aromatic nitrogens is 3. The Bertz CT molecular complexity index is 2000. The number of pyridine rings is 1. The van der Waals surface area contributed by atoms with Crippen molar-refractivity contribution in [2.24, 2.45) is 0 Å². The first kappa shape index (κ1) is 33.4. The fraction of sp³-hybridized carbons (Fsp3) is 0.424. The number of fused-ring (bicyclic) bond motifs is 2. The number of likely N-dealkylation sites (tertiary alicyclic amines) is 1. The van der Waals surface area contributed by atoms with Crippen molar-refractivity contribution in [2.75, 3.05) is 24.5 Å². The molecule has 0 spiro atoms. The van der Waals surface area contributed by atoms with Gasteiger partial charge in [0.15, 0.2) is 0 Å². The number of aryl methyl sites for hydroxylation is 1. The van der Waals surface area contributed by atoms with Crippen molar-refractivity contribution in [1.29, 1.82) is 5.26 Å². The van der Waals surface area contributed by atoms with Gasteiger partial charge in [-0.1, -0.05) is 0 Å². The summed E-state index contributed by atoms with van der Waals surface area (Å²) in [4.78, 5) is 43.8. The number of rotatable bonds is 6. The summed E-state index contributed by atoms with van der Waals surface area (Å²) < 4.78 is 41.2. The number of aliphatic hydroxyl groups is 1. The van der Waals surface area contributed by atoms with Gasteiger partial charge in [-0.3, -0.25) is 28.6 Å². The third-order valence-corrected chi connectivity index (χ3v) is 10.5. The van der Waals surface area contributed by atoms with Gasteiger partial charge in [0, 0.05) is 71.9 Å². The highest BCUT2D eigenvalue weighted by Crippen LogP contribution is 2.44. The average Bonchev–Trinajstić information content (AvgIpc) is 3.70. The Kier molecular flexibility index (Phi) is 9.41. The molecule has 0 amide bonds. The second kappa shape index (κ2) is 13.5. The lowest BCUT2D eigenvalue weighted by molar-refractivity contribution is -0.141. The summed E-state index contributed by atoms with van der Waals surface area (Å²) in [6, 6.07) is 11.3. The van der Waals surface area contributed by atoms with Crippen molar-refractivity contribution in [2.45, 2.75) is 69.6 Å². The Labute approximate surface area is 276 Å². The number of carboxylic acid groups (broad SMARTS) is 1. The molecule has 2 aliphatic heterocycles. The Balaban J connectivity index is 0.00000129. The van der Waals surface area contributed by atoms with E-state index in [1.54, 1.807) is 12.3 Å². The van der Waals surface area contributed by atoms with E-state index < -0.39 is 24.0 Å². The van der Waals surface area contributed by atoms with Crippen LogP contribution < -0.4 is 16.1 Å². The van der Waals surface area contributed by atoms with E-state index in [9.17, 15) is 33.1 Å². The number of alkyl halides is 3. The SMILES string of the molecule is N#Cc1cc2c(c(-c3ccnc4cc(Cn5c(=O)ccn(CC(F)(F)F)c5=O)sc34)c1)N([C@H]1CCN([C@@H]3CC[C@H]3O)C1)CCC2.O=CO. The van der Waals surface area contributed by atoms with Crippen molar-refractivity contribution in [3.8, 4) is 17.2 Å². The van der Waals surface area contributed by atoms with Gasteiger partial charge >= 0.3 is 11.9 Å². The molecular formula is C33H33F3N6O5S. The Morgan fingerprint density at radius 2 is 1.90 bits per heavy atom. The molecule has 0 bridgehead atoms. The molecule has 3 aromatic heterocycles. The summed E-state index contributed by atoms with van der Waals surface area (Å²) >= 11 is 1.33. The normalized spacial score (nSPS) is 20.8. The zero-order valence-electron chi connectivity index (χ0n) is 25.8. The van der Waals surface area contributed by atoms with Gasteiger partial charge in [0.25, 0.3) is 12.0 Å². The Morgan fingerprint density at radius 1 is 1.10 bits per heavy atom. The quantitative estimate of drug-likeness (QED) is 0.290. The maximum Gasteiger partial charge on any atom is 0.406 e. The topological polar surface area (TPSA) is 145 Å². The van der Waals surface area contributed by atoms with Crippen LogP contribution in [0.25, 0.3) is 21.3 Å². The number of hydrogen-bond donors (Lipinski definition) is 2. The molecule has 1 saturated heterocycles. The average molecular weight is 683 g/mol. The van der Waals surface area contributed by atoms with E-state index >= 15 is 0 Å². The third-order valence-electron chi connectivity index (χ3n) is 9.31. The van der Waals surface area contributed by atoms with Gasteiger partial charge < -0.3 is 15.1 Å². The number of aliphatic hydroxyl groups excluding tert-OH is 1. The Hall–Kier alpha value is -4.52. The van der Waals surface area contributed by atoms with Crippen LogP contribution in [0.4, 0.5) is 18.9 Å². The second-order valence-corrected chi connectivity index (χ2v) is 13.4. The van der Waals surface area contributed by atoms with E-state index in [4.69, 9.17) is 9.90 Å². The lowest BCUT2D eigenvalue weighted by atomic mass is 9.88. The fourth-order valence-electron chi connectivity index (χ4n) is 7.07. The van der Waals surface area contributed by atoms with Gasteiger partial charge in [0.1, 0.15) is 6.54 Å². The summed E-state index contributed by atoms with van der Waals surface area (Å²) in [7, 11) is 0. The monoisotopic (exact) mass is 682 g/mol. The third kappa shape index (κ3) is 6.60. The first-order valence-corrected chi connectivity index (χ1v) is 16.4. The molecule has 5 heterocycles. The van der Waals surface area contributed by atoms with Gasteiger partial charge in [0.2, 0.25) is 0 Å². The highest BCUT2D eigenvalue weighted by Gasteiger charge is 2.40. The minimum Gasteiger partial charge on any atom is -0.483 e. The fourth-order valence-corrected chi connectivity index (χ4v) is 8.21. The largest absolute Gasteiger partial charge is 0.483 e. The van der Waals surface area contributed by atoms with E-state index in [2.05, 4.69) is 20.9 Å². The Morgan fingerprint density at radius 3 is 2.58 bits per heavy atom. The summed E-state index contributed by atoms with van der Waals surface area (Å²) in [5.41, 5.74) is 3.47. The van der Waals surface area contributed by atoms with Crippen LogP contribution in [0.15, 0.2) is 52.3 Å². The van der Waals surface area contributed by atoms with E-state index in [1.807, 2.05) is 18.2 Å². The molecule has 2 fully saturated rings. The molecular weight excluding hydrogens is 649 g/mol. The molecule has 0 unspecified atom stereocenters. The van der Waals surface area contributed by atoms with Crippen molar-refractivity contribution in [1.82, 2.24) is 19.0 Å². The number of halogens is 3. The maximum absolute atomic E-state index is 13.0. The summed E-state index contributed by atoms with van der Waals surface area (Å²) in [5, 5.41) is 27.1. The molecule has 7 rings (SSSR count). The second-order valence-electron chi connectivity index (χ2n) is 12.2. The van der Waals surface area contributed by atoms with Crippen LogP contribution in [0.1, 0.15) is 41.7 Å². The summed E-state index contributed by atoms with van der Waals surface area (Å²) in [6.07, 6.45) is 2.35. The maximum atomic E-state index is 13.0. The van der Waals surface area contributed by atoms with Crippen LogP contribution >= 0.6 is 11.3 Å². The minimum absolute atomic E-state index is 0.190. The zero-order chi connectivity index (χ0) is 34.2. The van der Waals surface area contributed by atoms with Crippen molar-refractivity contribution in [3.05, 3.63) is 79.6 Å². The predicted molar refractivity (Wildman–Crippen MR) is 173 cm³/mol. The highest BCUT2D eigenvalue weighted by atomic mass is 32.1. The van der Waals surface area contributed by atoms with Crippen LogP contribution in [0.3, 0.4) is 0 Å². The zero-order valence-corrected chi connectivity index (χ0v) is 26.6. The molecule has 252 valence electrons. The van der Waals surface area contributed by atoms with E-state index in [0.717, 1.165) is 95.6 Å². The van der Waals surface area contributed by atoms with Gasteiger partial charge in [0.05, 0.1) is 34.5 Å². The van der Waals surface area contributed by atoms with Crippen molar-refractivity contribution < 1.29 is 28.2 Å². The molecule has 0 radical (unpaired) electrons. The number of anilines is 1. The van der Waals surface area contributed by atoms with E-state index in [1.165, 1.54) is 11.3 Å². The minimum atomic E-state index is -4.61. The van der Waals surface area contributed by atoms with Crippen molar-refractivity contribution >= 4 is 33.7 Å². The van der Waals surface area contributed by atoms with Gasteiger partial charge in [-0.15, -0.1) is 11.3 Å². The predicted octanol–water partition coefficient (Wildman–Crippen LogP) is 3.82. The molecule has 4 aromatic rings. The smallest absolute Gasteiger partial charge is 0.406 e. The lowest BCUT2D eigenvalue weighted by Gasteiger charge is -2.41. The molecule has 11 nitrogen and oxygen atoms in total. The molecule has 3 aliphatic rings. The standard InChI is InChI=1S/C32H31F3N6O3S.CH2O2/c33-32(34,35)18-39-11-7-28(43)41(31(39)44)17-22-14-25-30(45-22)23(5-8-37-25)24-13-19(15-36)12-20-2-1-9-40(29(20)24)21-6-10-38(16-21)26-3-4-27(26)42;2-1-3/h5,7-8,11-14,21,26-27,42H,1-4,6,9-10,16-18H2;1H,(H,2,3)/t21-,26+,27+;/m0./s1. The molecule has 48 heavy (non-hydrogen) atoms. The van der Waals surface area contributed by atoms with Gasteiger partial charge in [-0.25, -0.2) is 4.79 Å². The number of nitriles is 1. The van der Waals surface area contributed by atoms with Crippen LogP contribution in [0.5, 0.6) is 0 Å². The van der Waals surface area contributed by atoms with Gasteiger partial charge in [-0.2, -0.15) is 18.4 Å². The van der Waals surface area contributed by atoms with Crippen LogP contribution in [-0.2, 0) is 24.3 Å². The summed E-state index contributed by atoms with van der Waals surface area (Å²) in [6.45, 7) is 0.752. The molecule has 1 aliphatic carbocycles. The van der Waals surface area contributed by atoms with Crippen LogP contribution in [-0.4, -0.2) is 79.7 Å². The molecule has 2 N–H and O–H groups in total. The highest BCUT2D eigenvalue weighted by molar-refractivity contribution is 7.19. The number of nitrogens with zero attached hydrogens (tertiary/aromatic N) is 6. The summed E-state index contributed by atoms with van der Waals surface area (Å²) in [5.74, 6) is 0. The first-order valence-electron chi connectivity index (χ1n) is 15.6. The van der Waals surface area contributed by atoms with E-state index in [0.29, 0.717) is 20.5 Å². The van der Waals surface area contributed by atoms with E-state index in [-0.39, 0.29) is 31.2 Å². The first-order chi connectivity index (χ1) is 23.0. The molecule has 3 atom stereocenters. The number of hydrogen-bond acceptors (Lipinski definition) is 9. The number of carbonyl (C=O) groups is 1. The van der Waals surface area contributed by atoms with Crippen LogP contribution in [0, 0.1) is 11.3 Å². The lowest BCUT2D eigenvalue weighted by Crippen LogP contribution is -2.51. The molecule has 15 heteroatoms. The van der Waals surface area contributed by atoms with Crippen molar-refractivity contribution in [3.63, 3.8) is 0 Å². The van der Waals surface area contributed by atoms with Gasteiger partial charge in [-0.05, 0) is 61.9 Å². The van der Waals surface area contributed by atoms with Crippen LogP contribution in [0.2, 0.25) is 0 Å². The number of benzene rings is 1.